The number of methoxy groups -OCH3 is 2. The number of aromatic nitrogens is 2. The molecule has 4 rings (SSSR count). The summed E-state index contributed by atoms with van der Waals surface area (Å²) in [7, 11) is 7.33. The van der Waals surface area contributed by atoms with Crippen LogP contribution in [0, 0.1) is 18.3 Å². The van der Waals surface area contributed by atoms with Crippen LogP contribution < -0.4 is 25.2 Å². The highest BCUT2D eigenvalue weighted by Gasteiger charge is 2.21. The van der Waals surface area contributed by atoms with Crippen LogP contribution in [-0.4, -0.2) is 37.7 Å². The number of nitriles is 1. The Hall–Kier alpha value is -4.12. The summed E-state index contributed by atoms with van der Waals surface area (Å²) in [6, 6.07) is 18.3. The highest BCUT2D eigenvalue weighted by atomic mass is 16.5. The first-order valence-corrected chi connectivity index (χ1v) is 11.5. The largest absolute Gasteiger partial charge is 0.495 e. The lowest BCUT2D eigenvalue weighted by Crippen LogP contribution is -2.26. The number of para-hydroxylation sites is 1. The van der Waals surface area contributed by atoms with E-state index in [4.69, 9.17) is 14.5 Å². The summed E-state index contributed by atoms with van der Waals surface area (Å²) in [5, 5.41) is 12.9. The Morgan fingerprint density at radius 2 is 1.83 bits per heavy atom. The third-order valence-electron chi connectivity index (χ3n) is 6.13. The Labute approximate surface area is 207 Å². The molecule has 1 aromatic heterocycles. The molecule has 7 nitrogen and oxygen atoms in total. The molecule has 0 saturated carbocycles. The lowest BCUT2D eigenvalue weighted by molar-refractivity contribution is 0.413. The average molecular weight is 467 g/mol. The van der Waals surface area contributed by atoms with Gasteiger partial charge in [0.15, 0.2) is 0 Å². The molecule has 0 fully saturated rings. The van der Waals surface area contributed by atoms with E-state index in [0.717, 1.165) is 50.8 Å². The van der Waals surface area contributed by atoms with E-state index in [1.807, 2.05) is 37.4 Å². The third kappa shape index (κ3) is 4.37. The van der Waals surface area contributed by atoms with E-state index < -0.39 is 0 Å². The van der Waals surface area contributed by atoms with Crippen molar-refractivity contribution < 1.29 is 9.47 Å². The van der Waals surface area contributed by atoms with Crippen LogP contribution in [0.3, 0.4) is 0 Å². The fourth-order valence-electron chi connectivity index (χ4n) is 4.55. The van der Waals surface area contributed by atoms with Gasteiger partial charge in [0.05, 0.1) is 42.2 Å². The van der Waals surface area contributed by atoms with E-state index in [9.17, 15) is 5.26 Å². The monoisotopic (exact) mass is 467 g/mol. The molecule has 0 aliphatic carbocycles. The molecular weight excluding hydrogens is 437 g/mol. The maximum absolute atomic E-state index is 9.41. The normalized spacial score (nSPS) is 10.9. The van der Waals surface area contributed by atoms with Gasteiger partial charge in [0.1, 0.15) is 25.4 Å². The van der Waals surface area contributed by atoms with E-state index in [2.05, 4.69) is 61.6 Å². The second-order valence-corrected chi connectivity index (χ2v) is 8.88. The first-order valence-electron chi connectivity index (χ1n) is 11.5. The summed E-state index contributed by atoms with van der Waals surface area (Å²) in [4.78, 5) is 7.14. The van der Waals surface area contributed by atoms with Crippen LogP contribution in [0.2, 0.25) is 0 Å². The summed E-state index contributed by atoms with van der Waals surface area (Å²) in [5.74, 6) is 2.05. The van der Waals surface area contributed by atoms with Crippen LogP contribution in [0.25, 0.3) is 11.0 Å². The second kappa shape index (κ2) is 9.63. The average Bonchev–Trinajstić information content (AvgIpc) is 3.16. The number of rotatable bonds is 7. The number of hydrogen-bond acceptors (Lipinski definition) is 6. The minimum Gasteiger partial charge on any atom is -0.495 e. The summed E-state index contributed by atoms with van der Waals surface area (Å²) in [6.07, 6.45) is 0. The van der Waals surface area contributed by atoms with Crippen LogP contribution in [0.15, 0.2) is 48.5 Å². The molecule has 0 atom stereocenters. The lowest BCUT2D eigenvalue weighted by Gasteiger charge is -2.30. The molecule has 0 saturated heterocycles. The molecule has 0 unspecified atom stereocenters. The van der Waals surface area contributed by atoms with Crippen LogP contribution in [0.1, 0.15) is 25.0 Å². The molecule has 1 N–H and O–H groups in total. The van der Waals surface area contributed by atoms with Crippen molar-refractivity contribution in [1.29, 1.82) is 5.26 Å². The highest BCUT2D eigenvalue weighted by molar-refractivity contribution is 6.32. The van der Waals surface area contributed by atoms with Crippen LogP contribution >= 0.6 is 0 Å². The number of benzene rings is 3. The van der Waals surface area contributed by atoms with Gasteiger partial charge in [0, 0.05) is 24.8 Å². The summed E-state index contributed by atoms with van der Waals surface area (Å²) in [6.45, 7) is 6.34. The van der Waals surface area contributed by atoms with Gasteiger partial charge < -0.3 is 24.3 Å². The third-order valence-corrected chi connectivity index (χ3v) is 6.13. The zero-order chi connectivity index (χ0) is 25.3. The number of ether oxygens (including phenoxy) is 2. The maximum Gasteiger partial charge on any atom is 0.208 e. The first-order chi connectivity index (χ1) is 16.8. The fraction of sp³-hybridized carbons (Fsp3) is 0.259. The molecule has 0 bridgehead atoms. The highest BCUT2D eigenvalue weighted by Crippen LogP contribution is 2.38. The van der Waals surface area contributed by atoms with Gasteiger partial charge in [-0.25, -0.2) is 4.98 Å². The molecule has 0 aliphatic heterocycles. The van der Waals surface area contributed by atoms with Crippen LogP contribution in [0.4, 0.5) is 23.0 Å². The Bertz CT molecular complexity index is 1440. The van der Waals surface area contributed by atoms with Crippen LogP contribution in [0.5, 0.6) is 11.5 Å². The number of imidazole rings is 1. The van der Waals surface area contributed by atoms with Crippen molar-refractivity contribution in [1.82, 2.24) is 9.55 Å². The number of nitrogens with one attached hydrogen (secondary N) is 1. The van der Waals surface area contributed by atoms with Gasteiger partial charge in [-0.05, 0) is 56.7 Å². The van der Waals surface area contributed by atoms with Gasteiger partial charge in [-0.2, -0.15) is 5.26 Å². The van der Waals surface area contributed by atoms with Gasteiger partial charge in [-0.3, -0.25) is 0 Å². The van der Waals surface area contributed by atoms with Gasteiger partial charge in [0.2, 0.25) is 5.95 Å². The van der Waals surface area contributed by atoms with Crippen molar-refractivity contribution in [3.63, 3.8) is 0 Å². The molecule has 8 heteroatoms. The summed E-state index contributed by atoms with van der Waals surface area (Å²) >= 11 is 0. The zero-order valence-corrected chi connectivity index (χ0v) is 21.3. The van der Waals surface area contributed by atoms with Crippen molar-refractivity contribution in [3.8, 4) is 17.6 Å². The van der Waals surface area contributed by atoms with Crippen molar-refractivity contribution in [3.05, 3.63) is 59.7 Å². The number of anilines is 4. The quantitative estimate of drug-likeness (QED) is 0.408. The summed E-state index contributed by atoms with van der Waals surface area (Å²) in [5.41, 5.74) is 7.46. The second-order valence-electron chi connectivity index (χ2n) is 8.88. The molecular formula is C27H30BN5O2. The Morgan fingerprint density at radius 3 is 2.49 bits per heavy atom. The van der Waals surface area contributed by atoms with E-state index >= 15 is 0 Å². The number of aryl methyl sites for hydroxylation is 2. The molecule has 3 aromatic carbocycles. The smallest absolute Gasteiger partial charge is 0.208 e. The molecule has 178 valence electrons. The maximum atomic E-state index is 9.41. The first kappa shape index (κ1) is 24.0. The van der Waals surface area contributed by atoms with E-state index in [-0.39, 0.29) is 6.04 Å². The van der Waals surface area contributed by atoms with Gasteiger partial charge in [0.25, 0.3) is 0 Å². The van der Waals surface area contributed by atoms with E-state index in [0.29, 0.717) is 11.3 Å². The number of nitrogens with zero attached hydrogens (tertiary/aromatic N) is 4. The minimum absolute atomic E-state index is 0.143. The molecule has 0 radical (unpaired) electrons. The van der Waals surface area contributed by atoms with E-state index in [1.54, 1.807) is 20.3 Å². The lowest BCUT2D eigenvalue weighted by atomic mass is 9.93. The van der Waals surface area contributed by atoms with Gasteiger partial charge in [-0.1, -0.05) is 17.6 Å². The predicted octanol–water partition coefficient (Wildman–Crippen LogP) is 4.32. The predicted molar refractivity (Wildman–Crippen MR) is 145 cm³/mol. The Balaban J connectivity index is 1.85. The van der Waals surface area contributed by atoms with Crippen molar-refractivity contribution in [2.45, 2.75) is 26.8 Å². The van der Waals surface area contributed by atoms with Crippen LogP contribution in [-0.2, 0) is 7.05 Å². The Kier molecular flexibility index (Phi) is 6.61. The molecule has 0 spiro atoms. The van der Waals surface area contributed by atoms with E-state index in [1.165, 1.54) is 0 Å². The molecule has 1 heterocycles. The molecule has 0 aliphatic rings. The topological polar surface area (TPSA) is 75.3 Å². The molecule has 4 aromatic rings. The fourth-order valence-corrected chi connectivity index (χ4v) is 4.55. The summed E-state index contributed by atoms with van der Waals surface area (Å²) < 4.78 is 13.2. The Morgan fingerprint density at radius 1 is 1.09 bits per heavy atom. The molecule has 35 heavy (non-hydrogen) atoms. The number of hydrogen-bond donors (Lipinski definition) is 1. The minimum atomic E-state index is 0.143. The molecule has 0 amide bonds. The number of fused-ring (bicyclic) bond motifs is 1. The van der Waals surface area contributed by atoms with Crippen molar-refractivity contribution >= 4 is 47.4 Å². The van der Waals surface area contributed by atoms with Gasteiger partial charge >= 0.3 is 0 Å². The van der Waals surface area contributed by atoms with Crippen molar-refractivity contribution in [2.24, 2.45) is 7.05 Å². The SMILES string of the molecule is Bc1cc(C)c(Nc2nc3cccc(N(c4ccc(C#N)c(OC)c4)C(C)C)c3n2C)c(OC)c1. The van der Waals surface area contributed by atoms with Crippen molar-refractivity contribution in [2.75, 3.05) is 24.4 Å². The van der Waals surface area contributed by atoms with Gasteiger partial charge in [-0.15, -0.1) is 0 Å². The zero-order valence-electron chi connectivity index (χ0n) is 21.3. The standard InChI is InChI=1S/C27H30BN5O2/c1-16(2)33(20-11-10-18(15-29)23(14-20)34-5)22-9-7-8-21-26(22)32(4)27(30-21)31-25-17(3)12-19(28)13-24(25)35-6/h7-14,16H,28H2,1-6H3,(H,30,31).